The molecule has 5 nitrogen and oxygen atoms in total. The smallest absolute Gasteiger partial charge is 0.193 e. The van der Waals surface area contributed by atoms with E-state index in [1.165, 1.54) is 5.56 Å². The Morgan fingerprint density at radius 1 is 0.542 bits per heavy atom. The maximum Gasteiger partial charge on any atom is 0.193 e. The number of nitrogens with zero attached hydrogens (tertiary/aromatic N) is 1. The Kier molecular flexibility index (Phi) is 8.22. The van der Waals surface area contributed by atoms with Gasteiger partial charge in [-0.2, -0.15) is 0 Å². The summed E-state index contributed by atoms with van der Waals surface area (Å²) in [6.07, 6.45) is -0.965. The van der Waals surface area contributed by atoms with Crippen LogP contribution in [0.4, 0.5) is 0 Å². The van der Waals surface area contributed by atoms with Crippen molar-refractivity contribution in [3.8, 4) is 0 Å². The van der Waals surface area contributed by atoms with E-state index in [1.54, 1.807) is 0 Å². The molecule has 48 heavy (non-hydrogen) atoms. The summed E-state index contributed by atoms with van der Waals surface area (Å²) in [6, 6.07) is 51.1. The predicted molar refractivity (Wildman–Crippen MR) is 194 cm³/mol. The average Bonchev–Trinajstić information content (AvgIpc) is 3.39. The molecule has 2 fully saturated rings. The van der Waals surface area contributed by atoms with Crippen LogP contribution in [0, 0.1) is 0 Å². The number of hydrogen-bond acceptors (Lipinski definition) is 3. The molecular weight excluding hydrogens is 590 g/mol. The van der Waals surface area contributed by atoms with Gasteiger partial charge in [-0.15, -0.1) is 0 Å². The Hall–Kier alpha value is -4.71. The number of benzene rings is 5. The zero-order valence-electron chi connectivity index (χ0n) is 28.5. The lowest BCUT2D eigenvalue weighted by Gasteiger charge is -2.43. The zero-order chi connectivity index (χ0) is 33.4. The van der Waals surface area contributed by atoms with Gasteiger partial charge in [0.25, 0.3) is 0 Å². The maximum atomic E-state index is 7.13. The summed E-state index contributed by atoms with van der Waals surface area (Å²) in [7, 11) is 0. The summed E-state index contributed by atoms with van der Waals surface area (Å²) in [5, 5.41) is 8.01. The second-order valence-electron chi connectivity index (χ2n) is 14.4. The second-order valence-corrected chi connectivity index (χ2v) is 14.4. The quantitative estimate of drug-likeness (QED) is 0.197. The molecule has 0 unspecified atom stereocenters. The Labute approximate surface area is 285 Å². The minimum absolute atomic E-state index is 0.0797. The second kappa shape index (κ2) is 12.4. The average molecular weight is 636 g/mol. The van der Waals surface area contributed by atoms with E-state index >= 15 is 0 Å². The van der Waals surface area contributed by atoms with Crippen molar-refractivity contribution in [2.24, 2.45) is 4.99 Å². The molecule has 2 aliphatic heterocycles. The van der Waals surface area contributed by atoms with Crippen molar-refractivity contribution in [3.63, 3.8) is 0 Å². The van der Waals surface area contributed by atoms with Gasteiger partial charge in [0.15, 0.2) is 11.7 Å². The monoisotopic (exact) mass is 635 g/mol. The summed E-state index contributed by atoms with van der Waals surface area (Å²) < 4.78 is 14.3. The number of rotatable bonds is 6. The van der Waals surface area contributed by atoms with Gasteiger partial charge in [0, 0.05) is 0 Å². The van der Waals surface area contributed by atoms with Crippen molar-refractivity contribution in [2.45, 2.75) is 75.7 Å². The Bertz CT molecular complexity index is 1660. The van der Waals surface area contributed by atoms with Crippen molar-refractivity contribution in [2.75, 3.05) is 0 Å². The molecule has 0 saturated carbocycles. The molecule has 0 radical (unpaired) electrons. The Balaban J connectivity index is 1.50. The van der Waals surface area contributed by atoms with E-state index in [0.29, 0.717) is 12.5 Å². The highest BCUT2D eigenvalue weighted by Crippen LogP contribution is 2.51. The topological polar surface area (TPSA) is 54.9 Å². The third-order valence-corrected chi connectivity index (χ3v) is 9.74. The molecule has 0 amide bonds. The maximum absolute atomic E-state index is 7.13. The fourth-order valence-electron chi connectivity index (χ4n) is 7.38. The summed E-state index contributed by atoms with van der Waals surface area (Å²) in [4.78, 5) is 5.34. The Morgan fingerprint density at radius 2 is 0.896 bits per heavy atom. The first kappa shape index (κ1) is 31.9. The van der Waals surface area contributed by atoms with Crippen LogP contribution in [0.1, 0.15) is 68.0 Å². The van der Waals surface area contributed by atoms with Crippen LogP contribution in [0.2, 0.25) is 0 Å². The highest BCUT2D eigenvalue weighted by Gasteiger charge is 2.64. The van der Waals surface area contributed by atoms with E-state index in [9.17, 15) is 0 Å². The lowest BCUT2D eigenvalue weighted by atomic mass is 9.69. The first-order valence-electron chi connectivity index (χ1n) is 16.9. The molecule has 5 aromatic carbocycles. The molecule has 5 aromatic rings. The zero-order valence-corrected chi connectivity index (χ0v) is 28.5. The van der Waals surface area contributed by atoms with Crippen molar-refractivity contribution in [1.82, 2.24) is 10.6 Å². The number of guanidine groups is 1. The summed E-state index contributed by atoms with van der Waals surface area (Å²) >= 11 is 0. The van der Waals surface area contributed by atoms with Gasteiger partial charge in [-0.05, 0) is 52.6 Å². The molecule has 244 valence electrons. The van der Waals surface area contributed by atoms with Gasteiger partial charge in [-0.25, -0.2) is 4.99 Å². The first-order chi connectivity index (χ1) is 23.1. The molecule has 5 heteroatoms. The van der Waals surface area contributed by atoms with Gasteiger partial charge < -0.3 is 20.1 Å². The summed E-state index contributed by atoms with van der Waals surface area (Å²) in [5.41, 5.74) is 5.03. The molecule has 2 atom stereocenters. The molecule has 7 rings (SSSR count). The third-order valence-electron chi connectivity index (χ3n) is 9.74. The summed E-state index contributed by atoms with van der Waals surface area (Å²) in [6.45, 7) is 11.2. The van der Waals surface area contributed by atoms with E-state index in [-0.39, 0.29) is 5.41 Å². The first-order valence-corrected chi connectivity index (χ1v) is 16.9. The van der Waals surface area contributed by atoms with E-state index in [0.717, 1.165) is 27.8 Å². The number of hydrogen-bond donors (Lipinski definition) is 2. The highest BCUT2D eigenvalue weighted by atomic mass is 16.8. The SMILES string of the molecule is CC1(C)O[C@@H]2[C@@H](O1)C(c1ccccc1)(c1ccccc1)NC(=NCc1ccc(C(C)(C)C)cc1)NC2(c1ccccc1)c1ccccc1. The largest absolute Gasteiger partial charge is 0.341 e. The molecule has 2 heterocycles. The van der Waals surface area contributed by atoms with Crippen LogP contribution in [-0.2, 0) is 32.5 Å². The minimum atomic E-state index is -0.869. The predicted octanol–water partition coefficient (Wildman–Crippen LogP) is 8.44. The van der Waals surface area contributed by atoms with Gasteiger partial charge in [0.05, 0.1) is 6.54 Å². The molecule has 0 aliphatic carbocycles. The fraction of sp³-hybridized carbons (Fsp3) is 0.279. The van der Waals surface area contributed by atoms with E-state index in [4.69, 9.17) is 14.5 Å². The lowest BCUT2D eigenvalue weighted by molar-refractivity contribution is -0.156. The van der Waals surface area contributed by atoms with Crippen molar-refractivity contribution in [3.05, 3.63) is 179 Å². The molecule has 0 spiro atoms. The van der Waals surface area contributed by atoms with E-state index in [1.807, 2.05) is 13.8 Å². The van der Waals surface area contributed by atoms with Gasteiger partial charge in [0.2, 0.25) is 0 Å². The van der Waals surface area contributed by atoms with Crippen LogP contribution in [-0.4, -0.2) is 24.0 Å². The van der Waals surface area contributed by atoms with Crippen molar-refractivity contribution in [1.29, 1.82) is 0 Å². The summed E-state index contributed by atoms with van der Waals surface area (Å²) in [5.74, 6) is -0.208. The van der Waals surface area contributed by atoms with E-state index < -0.39 is 29.1 Å². The van der Waals surface area contributed by atoms with Crippen molar-refractivity contribution < 1.29 is 9.47 Å². The van der Waals surface area contributed by atoms with Gasteiger partial charge in [-0.3, -0.25) is 0 Å². The molecule has 2 aliphatic rings. The number of nitrogens with one attached hydrogen (secondary N) is 2. The fourth-order valence-corrected chi connectivity index (χ4v) is 7.38. The van der Waals surface area contributed by atoms with Crippen molar-refractivity contribution >= 4 is 5.96 Å². The third kappa shape index (κ3) is 5.72. The molecule has 2 N–H and O–H groups in total. The molecule has 0 aromatic heterocycles. The molecular formula is C43H45N3O2. The van der Waals surface area contributed by atoms with Crippen LogP contribution >= 0.6 is 0 Å². The molecule has 0 bridgehead atoms. The van der Waals surface area contributed by atoms with E-state index in [2.05, 4.69) is 177 Å². The Morgan fingerprint density at radius 3 is 1.23 bits per heavy atom. The van der Waals surface area contributed by atoms with Gasteiger partial charge in [-0.1, -0.05) is 166 Å². The van der Waals surface area contributed by atoms with Crippen LogP contribution in [0.3, 0.4) is 0 Å². The normalized spacial score (nSPS) is 20.9. The van der Waals surface area contributed by atoms with Crippen LogP contribution in [0.5, 0.6) is 0 Å². The van der Waals surface area contributed by atoms with Crippen LogP contribution in [0.15, 0.2) is 151 Å². The molecule has 2 saturated heterocycles. The lowest BCUT2D eigenvalue weighted by Crippen LogP contribution is -2.58. The van der Waals surface area contributed by atoms with Gasteiger partial charge >= 0.3 is 0 Å². The number of aliphatic imine (C=N–C) groups is 1. The van der Waals surface area contributed by atoms with Gasteiger partial charge in [0.1, 0.15) is 23.3 Å². The standard InChI is InChI=1S/C43H45N3O2/c1-40(2,3)32-28-26-31(27-29-32)30-44-39-45-42(33-18-10-6-11-19-33,34-20-12-7-13-21-34)37-38(48-41(4,5)47-37)43(46-39,35-22-14-8-15-23-35)36-24-16-9-17-25-36/h6-29,37-38H,30H2,1-5H3,(H2,44,45,46)/t37-,38-/m1/s1. The highest BCUT2D eigenvalue weighted by molar-refractivity contribution is 5.84. The minimum Gasteiger partial charge on any atom is -0.341 e. The van der Waals surface area contributed by atoms with Crippen LogP contribution < -0.4 is 10.6 Å². The van der Waals surface area contributed by atoms with Crippen LogP contribution in [0.25, 0.3) is 0 Å². The number of fused-ring (bicyclic) bond motifs is 1. The number of ether oxygens (including phenoxy) is 2.